The molecule has 0 aromatic rings. The van der Waals surface area contributed by atoms with Crippen LogP contribution in [0.25, 0.3) is 0 Å². The highest BCUT2D eigenvalue weighted by atomic mass is 31.2. The van der Waals surface area contributed by atoms with E-state index in [1.54, 1.807) is 0 Å². The van der Waals surface area contributed by atoms with Gasteiger partial charge in [-0.25, -0.2) is 0 Å². The molecule has 0 aliphatic rings. The fraction of sp³-hybridized carbons (Fsp3) is 1.00. The lowest BCUT2D eigenvalue weighted by Crippen LogP contribution is -1.96. The minimum Gasteiger partial charge on any atom is -0.324 e. The minimum absolute atomic E-state index is 0.316. The maximum absolute atomic E-state index is 11.3. The predicted octanol–water partition coefficient (Wildman–Crippen LogP) is 3.57. The van der Waals surface area contributed by atoms with E-state index in [4.69, 9.17) is 4.52 Å². The molecule has 1 atom stereocenters. The third kappa shape index (κ3) is 8.74. The van der Waals surface area contributed by atoms with E-state index in [0.29, 0.717) is 12.8 Å². The molecule has 4 heteroatoms. The van der Waals surface area contributed by atoms with Crippen molar-refractivity contribution < 1.29 is 14.0 Å². The molecule has 0 spiro atoms. The standard InChI is InChI=1S/C10H23O3P/c1-3-5-6-7-8-10-14(11,12)13-9-4-2/h3-10H2,1-2H3,(H,11,12). The summed E-state index contributed by atoms with van der Waals surface area (Å²) in [5.74, 6) is 0. The Morgan fingerprint density at radius 2 is 1.71 bits per heavy atom. The Kier molecular flexibility index (Phi) is 8.55. The van der Waals surface area contributed by atoms with Crippen LogP contribution >= 0.6 is 7.60 Å². The summed E-state index contributed by atoms with van der Waals surface area (Å²) in [6.07, 6.45) is 6.52. The van der Waals surface area contributed by atoms with Crippen LogP contribution in [-0.2, 0) is 9.09 Å². The first-order chi connectivity index (χ1) is 6.62. The zero-order chi connectivity index (χ0) is 10.9. The summed E-state index contributed by atoms with van der Waals surface area (Å²) in [4.78, 5) is 9.34. The van der Waals surface area contributed by atoms with E-state index in [1.807, 2.05) is 6.92 Å². The van der Waals surface area contributed by atoms with Crippen molar-refractivity contribution in [2.24, 2.45) is 0 Å². The number of hydrogen-bond donors (Lipinski definition) is 1. The van der Waals surface area contributed by atoms with Gasteiger partial charge in [0.1, 0.15) is 0 Å². The molecular formula is C10H23O3P. The molecule has 1 N–H and O–H groups in total. The van der Waals surface area contributed by atoms with Crippen LogP contribution in [0.3, 0.4) is 0 Å². The van der Waals surface area contributed by atoms with Crippen LogP contribution in [0.1, 0.15) is 52.4 Å². The Labute approximate surface area is 87.4 Å². The molecule has 0 aliphatic carbocycles. The molecule has 0 bridgehead atoms. The zero-order valence-electron chi connectivity index (χ0n) is 9.37. The van der Waals surface area contributed by atoms with Gasteiger partial charge in [0.05, 0.1) is 6.61 Å². The Morgan fingerprint density at radius 3 is 2.29 bits per heavy atom. The quantitative estimate of drug-likeness (QED) is 0.479. The van der Waals surface area contributed by atoms with Gasteiger partial charge < -0.3 is 9.42 Å². The molecule has 86 valence electrons. The van der Waals surface area contributed by atoms with Crippen molar-refractivity contribution in [3.8, 4) is 0 Å². The van der Waals surface area contributed by atoms with E-state index in [2.05, 4.69) is 6.92 Å². The molecule has 1 unspecified atom stereocenters. The number of unbranched alkanes of at least 4 members (excludes halogenated alkanes) is 4. The van der Waals surface area contributed by atoms with Crippen molar-refractivity contribution in [1.82, 2.24) is 0 Å². The highest BCUT2D eigenvalue weighted by molar-refractivity contribution is 7.52. The van der Waals surface area contributed by atoms with Gasteiger partial charge in [-0.3, -0.25) is 4.57 Å². The van der Waals surface area contributed by atoms with Crippen LogP contribution in [-0.4, -0.2) is 17.7 Å². The van der Waals surface area contributed by atoms with Gasteiger partial charge in [-0.1, -0.05) is 39.5 Å². The lowest BCUT2D eigenvalue weighted by molar-refractivity contribution is 0.259. The second-order valence-electron chi connectivity index (χ2n) is 3.61. The lowest BCUT2D eigenvalue weighted by atomic mass is 10.2. The van der Waals surface area contributed by atoms with E-state index in [1.165, 1.54) is 12.8 Å². The minimum atomic E-state index is -3.26. The second-order valence-corrected chi connectivity index (χ2v) is 5.59. The van der Waals surface area contributed by atoms with E-state index in [0.717, 1.165) is 25.7 Å². The van der Waals surface area contributed by atoms with Crippen molar-refractivity contribution >= 4 is 7.60 Å². The molecule has 0 aromatic carbocycles. The van der Waals surface area contributed by atoms with Crippen molar-refractivity contribution in [3.05, 3.63) is 0 Å². The van der Waals surface area contributed by atoms with Crippen LogP contribution in [0.5, 0.6) is 0 Å². The Balaban J connectivity index is 3.40. The van der Waals surface area contributed by atoms with E-state index < -0.39 is 7.60 Å². The van der Waals surface area contributed by atoms with E-state index in [9.17, 15) is 9.46 Å². The maximum Gasteiger partial charge on any atom is 0.328 e. The average Bonchev–Trinajstić information content (AvgIpc) is 2.15. The van der Waals surface area contributed by atoms with Gasteiger partial charge in [0, 0.05) is 6.16 Å². The summed E-state index contributed by atoms with van der Waals surface area (Å²) < 4.78 is 16.2. The van der Waals surface area contributed by atoms with Gasteiger partial charge in [-0.15, -0.1) is 0 Å². The summed E-state index contributed by atoms with van der Waals surface area (Å²) in [7, 11) is -3.26. The van der Waals surface area contributed by atoms with Crippen molar-refractivity contribution in [2.45, 2.75) is 52.4 Å². The molecule has 0 fully saturated rings. The smallest absolute Gasteiger partial charge is 0.324 e. The Hall–Kier alpha value is 0.150. The van der Waals surface area contributed by atoms with E-state index >= 15 is 0 Å². The van der Waals surface area contributed by atoms with Crippen molar-refractivity contribution in [2.75, 3.05) is 12.8 Å². The van der Waals surface area contributed by atoms with Crippen LogP contribution in [0.2, 0.25) is 0 Å². The topological polar surface area (TPSA) is 46.5 Å². The largest absolute Gasteiger partial charge is 0.328 e. The highest BCUT2D eigenvalue weighted by Crippen LogP contribution is 2.42. The summed E-state index contributed by atoms with van der Waals surface area (Å²) in [6, 6.07) is 0. The third-order valence-electron chi connectivity index (χ3n) is 2.04. The first-order valence-corrected chi connectivity index (χ1v) is 7.35. The van der Waals surface area contributed by atoms with Gasteiger partial charge >= 0.3 is 7.60 Å². The number of rotatable bonds is 9. The fourth-order valence-corrected chi connectivity index (χ4v) is 2.43. The molecular weight excluding hydrogens is 199 g/mol. The third-order valence-corrected chi connectivity index (χ3v) is 3.51. The lowest BCUT2D eigenvalue weighted by Gasteiger charge is -2.10. The average molecular weight is 222 g/mol. The number of hydrogen-bond acceptors (Lipinski definition) is 2. The van der Waals surface area contributed by atoms with Crippen LogP contribution in [0.4, 0.5) is 0 Å². The van der Waals surface area contributed by atoms with Gasteiger partial charge in [0.25, 0.3) is 0 Å². The monoisotopic (exact) mass is 222 g/mol. The van der Waals surface area contributed by atoms with Crippen molar-refractivity contribution in [1.29, 1.82) is 0 Å². The molecule has 0 rings (SSSR count). The zero-order valence-corrected chi connectivity index (χ0v) is 10.3. The van der Waals surface area contributed by atoms with E-state index in [-0.39, 0.29) is 0 Å². The van der Waals surface area contributed by atoms with Gasteiger partial charge in [0.2, 0.25) is 0 Å². The van der Waals surface area contributed by atoms with Gasteiger partial charge in [0.15, 0.2) is 0 Å². The summed E-state index contributed by atoms with van der Waals surface area (Å²) in [5, 5.41) is 0. The van der Waals surface area contributed by atoms with Gasteiger partial charge in [-0.05, 0) is 12.8 Å². The first-order valence-electron chi connectivity index (χ1n) is 5.58. The normalized spacial score (nSPS) is 15.4. The molecule has 0 saturated heterocycles. The molecule has 0 amide bonds. The van der Waals surface area contributed by atoms with Crippen LogP contribution in [0, 0.1) is 0 Å². The van der Waals surface area contributed by atoms with Crippen molar-refractivity contribution in [3.63, 3.8) is 0 Å². The molecule has 14 heavy (non-hydrogen) atoms. The fourth-order valence-electron chi connectivity index (χ4n) is 1.21. The molecule has 0 aromatic heterocycles. The highest BCUT2D eigenvalue weighted by Gasteiger charge is 2.17. The Morgan fingerprint density at radius 1 is 1.07 bits per heavy atom. The predicted molar refractivity (Wildman–Crippen MR) is 59.7 cm³/mol. The summed E-state index contributed by atoms with van der Waals surface area (Å²) in [5.41, 5.74) is 0. The molecule has 0 saturated carbocycles. The molecule has 0 heterocycles. The first kappa shape index (κ1) is 14.2. The van der Waals surface area contributed by atoms with Crippen LogP contribution in [0.15, 0.2) is 0 Å². The molecule has 0 aliphatic heterocycles. The molecule has 3 nitrogen and oxygen atoms in total. The Bertz CT molecular complexity index is 171. The van der Waals surface area contributed by atoms with Crippen LogP contribution < -0.4 is 0 Å². The SMILES string of the molecule is CCCCCCCP(=O)(O)OCCC. The summed E-state index contributed by atoms with van der Waals surface area (Å²) >= 11 is 0. The maximum atomic E-state index is 11.3. The second kappa shape index (κ2) is 8.46. The van der Waals surface area contributed by atoms with Gasteiger partial charge in [-0.2, -0.15) is 0 Å². The molecule has 0 radical (unpaired) electrons. The summed E-state index contributed by atoms with van der Waals surface area (Å²) in [6.45, 7) is 4.48.